The van der Waals surface area contributed by atoms with Gasteiger partial charge in [-0.05, 0) is 39.2 Å². The first kappa shape index (κ1) is 17.1. The first-order valence-electron chi connectivity index (χ1n) is 7.78. The highest BCUT2D eigenvalue weighted by molar-refractivity contribution is 7.20. The normalized spacial score (nSPS) is 16.8. The fraction of sp³-hybridized carbons (Fsp3) is 0.562. The van der Waals surface area contributed by atoms with Crippen molar-refractivity contribution in [3.05, 3.63) is 22.0 Å². The van der Waals surface area contributed by atoms with Crippen molar-refractivity contribution in [3.63, 3.8) is 0 Å². The van der Waals surface area contributed by atoms with Crippen LogP contribution in [0.5, 0.6) is 0 Å². The second-order valence-corrected chi connectivity index (χ2v) is 7.20. The van der Waals surface area contributed by atoms with Gasteiger partial charge in [-0.3, -0.25) is 4.79 Å². The van der Waals surface area contributed by atoms with E-state index in [-0.39, 0.29) is 31.8 Å². The molecule has 3 heterocycles. The van der Waals surface area contributed by atoms with Crippen LogP contribution in [0.25, 0.3) is 10.2 Å². The largest absolute Gasteiger partial charge is 0.391 e. The Hall–Kier alpha value is -1.70. The van der Waals surface area contributed by atoms with Crippen LogP contribution in [0.4, 0.5) is 13.2 Å². The summed E-state index contributed by atoms with van der Waals surface area (Å²) in [6.07, 6.45) is -4.23. The number of likely N-dealkylation sites (tertiary alicyclic amines) is 1. The molecule has 0 spiro atoms. The molecule has 0 atom stereocenters. The number of carbonyl (C=O) groups is 1. The summed E-state index contributed by atoms with van der Waals surface area (Å²) in [5.74, 6) is -0.861. The molecule has 8 heteroatoms. The Kier molecular flexibility index (Phi) is 4.27. The molecule has 0 aliphatic carbocycles. The lowest BCUT2D eigenvalue weighted by atomic mass is 9.96. The minimum Gasteiger partial charge on any atom is -0.338 e. The maximum absolute atomic E-state index is 12.8. The minimum atomic E-state index is -4.17. The van der Waals surface area contributed by atoms with Crippen LogP contribution in [0.15, 0.2) is 0 Å². The van der Waals surface area contributed by atoms with Crippen LogP contribution in [-0.2, 0) is 0 Å². The van der Waals surface area contributed by atoms with Gasteiger partial charge in [0.1, 0.15) is 10.7 Å². The number of alkyl halides is 3. The lowest BCUT2D eigenvalue weighted by Crippen LogP contribution is -2.42. The zero-order chi connectivity index (χ0) is 17.6. The number of hydrogen-bond acceptors (Lipinski definition) is 4. The standard InChI is InChI=1S/C16H18F3N3OS/c1-8-12-9(2)20-10(3)21-14(12)24-13(8)15(23)22-6-4-11(5-7-22)16(17,18)19/h11H,4-7H2,1-3H3. The Labute approximate surface area is 141 Å². The number of rotatable bonds is 1. The zero-order valence-corrected chi connectivity index (χ0v) is 14.5. The maximum atomic E-state index is 12.8. The van der Waals surface area contributed by atoms with Gasteiger partial charge in [0, 0.05) is 24.2 Å². The molecular weight excluding hydrogens is 339 g/mol. The molecule has 130 valence electrons. The molecule has 3 rings (SSSR count). The number of nitrogens with zero attached hydrogens (tertiary/aromatic N) is 3. The van der Waals surface area contributed by atoms with E-state index in [1.807, 2.05) is 13.8 Å². The average molecular weight is 357 g/mol. The minimum absolute atomic E-state index is 0.0306. The van der Waals surface area contributed by atoms with Gasteiger partial charge in [0.15, 0.2) is 0 Å². The molecule has 1 aliphatic heterocycles. The average Bonchev–Trinajstić information content (AvgIpc) is 2.82. The number of piperidine rings is 1. The number of amides is 1. The van der Waals surface area contributed by atoms with Crippen LogP contribution in [0.2, 0.25) is 0 Å². The predicted octanol–water partition coefficient (Wildman–Crippen LogP) is 4.03. The van der Waals surface area contributed by atoms with Gasteiger partial charge in [-0.2, -0.15) is 13.2 Å². The third-order valence-corrected chi connectivity index (χ3v) is 5.70. The van der Waals surface area contributed by atoms with Crippen LogP contribution < -0.4 is 0 Å². The van der Waals surface area contributed by atoms with E-state index in [2.05, 4.69) is 9.97 Å². The third-order valence-electron chi connectivity index (χ3n) is 4.52. The number of hydrogen-bond donors (Lipinski definition) is 0. The van der Waals surface area contributed by atoms with Crippen molar-refractivity contribution in [2.75, 3.05) is 13.1 Å². The molecule has 2 aromatic rings. The molecule has 1 fully saturated rings. The van der Waals surface area contributed by atoms with Crippen molar-refractivity contribution in [1.29, 1.82) is 0 Å². The summed E-state index contributed by atoms with van der Waals surface area (Å²) in [6, 6.07) is 0. The molecule has 0 saturated carbocycles. The van der Waals surface area contributed by atoms with Gasteiger partial charge in [0.2, 0.25) is 0 Å². The van der Waals surface area contributed by atoms with Gasteiger partial charge in [-0.15, -0.1) is 11.3 Å². The lowest BCUT2D eigenvalue weighted by molar-refractivity contribution is -0.183. The first-order valence-corrected chi connectivity index (χ1v) is 8.60. The zero-order valence-electron chi connectivity index (χ0n) is 13.7. The fourth-order valence-corrected chi connectivity index (χ4v) is 4.48. The van der Waals surface area contributed by atoms with E-state index in [9.17, 15) is 18.0 Å². The summed E-state index contributed by atoms with van der Waals surface area (Å²) in [5, 5.41) is 0.874. The summed E-state index contributed by atoms with van der Waals surface area (Å²) in [7, 11) is 0. The Morgan fingerprint density at radius 1 is 1.17 bits per heavy atom. The number of halogens is 3. The molecule has 0 N–H and O–H groups in total. The smallest absolute Gasteiger partial charge is 0.338 e. The summed E-state index contributed by atoms with van der Waals surface area (Å²) >= 11 is 1.30. The van der Waals surface area contributed by atoms with Crippen molar-refractivity contribution in [2.24, 2.45) is 5.92 Å². The van der Waals surface area contributed by atoms with E-state index in [4.69, 9.17) is 0 Å². The van der Waals surface area contributed by atoms with Gasteiger partial charge < -0.3 is 4.90 Å². The van der Waals surface area contributed by atoms with E-state index in [0.29, 0.717) is 10.7 Å². The van der Waals surface area contributed by atoms with Crippen molar-refractivity contribution in [3.8, 4) is 0 Å². The summed E-state index contributed by atoms with van der Waals surface area (Å²) in [5.41, 5.74) is 1.64. The van der Waals surface area contributed by atoms with Crippen LogP contribution in [0.3, 0.4) is 0 Å². The second-order valence-electron chi connectivity index (χ2n) is 6.20. The predicted molar refractivity (Wildman–Crippen MR) is 86.3 cm³/mol. The molecule has 0 unspecified atom stereocenters. The van der Waals surface area contributed by atoms with Crippen molar-refractivity contribution in [1.82, 2.24) is 14.9 Å². The Balaban J connectivity index is 1.85. The fourth-order valence-electron chi connectivity index (χ4n) is 3.23. The van der Waals surface area contributed by atoms with E-state index < -0.39 is 12.1 Å². The third kappa shape index (κ3) is 2.99. The van der Waals surface area contributed by atoms with E-state index in [1.165, 1.54) is 16.2 Å². The SMILES string of the molecule is Cc1nc(C)c2c(C)c(C(=O)N3CCC(C(F)(F)F)CC3)sc2n1. The highest BCUT2D eigenvalue weighted by Gasteiger charge is 2.42. The maximum Gasteiger partial charge on any atom is 0.391 e. The van der Waals surface area contributed by atoms with Gasteiger partial charge in [-0.1, -0.05) is 0 Å². The van der Waals surface area contributed by atoms with E-state index >= 15 is 0 Å². The first-order chi connectivity index (χ1) is 11.2. The number of thiophene rings is 1. The van der Waals surface area contributed by atoms with Crippen molar-refractivity contribution >= 4 is 27.5 Å². The van der Waals surface area contributed by atoms with E-state index in [0.717, 1.165) is 21.5 Å². The molecule has 1 amide bonds. The molecule has 0 bridgehead atoms. The molecule has 1 aliphatic rings. The van der Waals surface area contributed by atoms with Crippen LogP contribution in [0.1, 0.15) is 39.6 Å². The molecule has 0 radical (unpaired) electrons. The molecule has 24 heavy (non-hydrogen) atoms. The number of fused-ring (bicyclic) bond motifs is 1. The van der Waals surface area contributed by atoms with Crippen LogP contribution >= 0.6 is 11.3 Å². The Morgan fingerprint density at radius 2 is 1.79 bits per heavy atom. The second kappa shape index (κ2) is 5.98. The quantitative estimate of drug-likeness (QED) is 0.774. The number of carbonyl (C=O) groups excluding carboxylic acids is 1. The van der Waals surface area contributed by atoms with E-state index in [1.54, 1.807) is 6.92 Å². The molecule has 4 nitrogen and oxygen atoms in total. The topological polar surface area (TPSA) is 46.1 Å². The van der Waals surface area contributed by atoms with Gasteiger partial charge in [-0.25, -0.2) is 9.97 Å². The van der Waals surface area contributed by atoms with Crippen molar-refractivity contribution in [2.45, 2.75) is 39.8 Å². The number of aryl methyl sites for hydroxylation is 3. The molecular formula is C16H18F3N3OS. The highest BCUT2D eigenvalue weighted by atomic mass is 32.1. The van der Waals surface area contributed by atoms with Crippen LogP contribution in [0, 0.1) is 26.7 Å². The lowest BCUT2D eigenvalue weighted by Gasteiger charge is -2.32. The van der Waals surface area contributed by atoms with Gasteiger partial charge in [0.25, 0.3) is 5.91 Å². The highest BCUT2D eigenvalue weighted by Crippen LogP contribution is 2.36. The Bertz CT molecular complexity index is 792. The summed E-state index contributed by atoms with van der Waals surface area (Å²) in [4.78, 5) is 24.3. The molecule has 1 saturated heterocycles. The summed E-state index contributed by atoms with van der Waals surface area (Å²) in [6.45, 7) is 5.80. The Morgan fingerprint density at radius 3 is 2.38 bits per heavy atom. The summed E-state index contributed by atoms with van der Waals surface area (Å²) < 4.78 is 38.3. The molecule has 0 aromatic carbocycles. The number of aromatic nitrogens is 2. The van der Waals surface area contributed by atoms with Crippen LogP contribution in [-0.4, -0.2) is 40.0 Å². The molecule has 2 aromatic heterocycles. The van der Waals surface area contributed by atoms with Crippen molar-refractivity contribution < 1.29 is 18.0 Å². The van der Waals surface area contributed by atoms with Gasteiger partial charge in [0.05, 0.1) is 10.8 Å². The van der Waals surface area contributed by atoms with Gasteiger partial charge >= 0.3 is 6.18 Å². The monoisotopic (exact) mass is 357 g/mol.